The average Bonchev–Trinajstić information content (AvgIpc) is 3.05. The number of hydrogen-bond acceptors (Lipinski definition) is 6. The molecule has 3 aromatic rings. The molecule has 2 unspecified atom stereocenters. The molecule has 5 nitrogen and oxygen atoms in total. The zero-order valence-corrected chi connectivity index (χ0v) is 13.0. The Morgan fingerprint density at radius 3 is 2.00 bits per heavy atom. The molecule has 0 aliphatic heterocycles. The van der Waals surface area contributed by atoms with Crippen molar-refractivity contribution in [2.45, 2.75) is 18.6 Å². The third-order valence-corrected chi connectivity index (χ3v) is 6.59. The first-order valence-electron chi connectivity index (χ1n) is 5.87. The van der Waals surface area contributed by atoms with E-state index in [1.807, 2.05) is 0 Å². The first-order chi connectivity index (χ1) is 10.3. The van der Waals surface area contributed by atoms with Crippen LogP contribution in [0.3, 0.4) is 0 Å². The van der Waals surface area contributed by atoms with Crippen molar-refractivity contribution >= 4 is 33.7 Å². The van der Waals surface area contributed by atoms with Gasteiger partial charge in [0.15, 0.2) is 0 Å². The minimum absolute atomic E-state index is 0.382. The largest absolute Gasteiger partial charge is 0.605 e. The number of aromatic nitrogens is 3. The Balaban J connectivity index is 1.84. The van der Waals surface area contributed by atoms with E-state index in [9.17, 15) is 9.11 Å². The van der Waals surface area contributed by atoms with E-state index in [0.29, 0.717) is 18.6 Å². The first kappa shape index (κ1) is 14.5. The summed E-state index contributed by atoms with van der Waals surface area (Å²) in [6.45, 7) is 0. The van der Waals surface area contributed by atoms with E-state index in [1.165, 1.54) is 6.20 Å². The lowest BCUT2D eigenvalue weighted by molar-refractivity contribution is 0.590. The molecule has 0 aliphatic rings. The Labute approximate surface area is 131 Å². The van der Waals surface area contributed by atoms with Gasteiger partial charge in [-0.05, 0) is 23.5 Å². The van der Waals surface area contributed by atoms with Gasteiger partial charge in [-0.2, -0.15) is 4.98 Å². The summed E-state index contributed by atoms with van der Waals surface area (Å²) in [5.74, 6) is 0. The quantitative estimate of drug-likeness (QED) is 0.683. The second-order valence-corrected chi connectivity index (χ2v) is 8.10. The van der Waals surface area contributed by atoms with E-state index >= 15 is 0 Å². The smallest absolute Gasteiger partial charge is 0.313 e. The van der Waals surface area contributed by atoms with E-state index in [0.717, 1.165) is 11.3 Å². The summed E-state index contributed by atoms with van der Waals surface area (Å²) < 4.78 is 25.5. The molecule has 0 aromatic carbocycles. The Morgan fingerprint density at radius 2 is 1.43 bits per heavy atom. The van der Waals surface area contributed by atoms with Crippen molar-refractivity contribution in [2.24, 2.45) is 0 Å². The molecule has 8 heteroatoms. The van der Waals surface area contributed by atoms with Gasteiger partial charge < -0.3 is 9.11 Å². The summed E-state index contributed by atoms with van der Waals surface area (Å²) in [5.41, 5.74) is 0. The van der Waals surface area contributed by atoms with E-state index < -0.39 is 22.4 Å². The first-order valence-corrected chi connectivity index (χ1v) is 8.99. The highest BCUT2D eigenvalue weighted by atomic mass is 32.3. The number of nitrogens with zero attached hydrogens (tertiary/aromatic N) is 3. The molecule has 3 heterocycles. The molecule has 0 radical (unpaired) electrons. The molecule has 21 heavy (non-hydrogen) atoms. The van der Waals surface area contributed by atoms with Crippen LogP contribution in [0.5, 0.6) is 0 Å². The SMILES string of the molecule is [O-][S+](c1ccccn1)c1cnc([S+]([O-])c2ccccn2)s1. The van der Waals surface area contributed by atoms with Crippen LogP contribution in [0.15, 0.2) is 73.6 Å². The molecule has 0 N–H and O–H groups in total. The van der Waals surface area contributed by atoms with Gasteiger partial charge in [0.2, 0.25) is 4.21 Å². The van der Waals surface area contributed by atoms with E-state index in [2.05, 4.69) is 15.0 Å². The minimum Gasteiger partial charge on any atom is -0.605 e. The average molecular weight is 335 g/mol. The zero-order chi connectivity index (χ0) is 14.7. The lowest BCUT2D eigenvalue weighted by atomic mass is 10.5. The Kier molecular flexibility index (Phi) is 4.51. The van der Waals surface area contributed by atoms with Crippen molar-refractivity contribution in [1.29, 1.82) is 0 Å². The van der Waals surface area contributed by atoms with Crippen LogP contribution in [0.2, 0.25) is 0 Å². The molecule has 0 aliphatic carbocycles. The lowest BCUT2D eigenvalue weighted by Crippen LogP contribution is -2.03. The number of hydrogen-bond donors (Lipinski definition) is 0. The standard InChI is InChI=1S/C13H9N3O2S3/c17-20(10-5-1-3-7-14-10)12-9-16-13(19-12)21(18)11-6-2-4-8-15-11/h1-9H. The van der Waals surface area contributed by atoms with Crippen LogP contribution in [0.25, 0.3) is 0 Å². The second-order valence-electron chi connectivity index (χ2n) is 3.82. The fraction of sp³-hybridized carbons (Fsp3) is 0. The van der Waals surface area contributed by atoms with Crippen molar-refractivity contribution in [3.05, 3.63) is 55.0 Å². The van der Waals surface area contributed by atoms with Crippen molar-refractivity contribution in [3.63, 3.8) is 0 Å². The summed E-state index contributed by atoms with van der Waals surface area (Å²) in [4.78, 5) is 12.2. The molecule has 2 atom stereocenters. The molecular weight excluding hydrogens is 326 g/mol. The molecule has 0 fully saturated rings. The maximum atomic E-state index is 12.3. The van der Waals surface area contributed by atoms with E-state index in [4.69, 9.17) is 0 Å². The van der Waals surface area contributed by atoms with Gasteiger partial charge in [-0.15, -0.1) is 0 Å². The lowest BCUT2D eigenvalue weighted by Gasteiger charge is -2.05. The predicted octanol–water partition coefficient (Wildman–Crippen LogP) is 2.27. The van der Waals surface area contributed by atoms with Crippen LogP contribution in [-0.2, 0) is 22.4 Å². The van der Waals surface area contributed by atoms with Crippen LogP contribution in [-0.4, -0.2) is 24.1 Å². The summed E-state index contributed by atoms with van der Waals surface area (Å²) in [6.07, 6.45) is 4.64. The number of thiazole rings is 1. The van der Waals surface area contributed by atoms with Crippen molar-refractivity contribution < 1.29 is 9.11 Å². The molecular formula is C13H9N3O2S3. The topological polar surface area (TPSA) is 84.8 Å². The summed E-state index contributed by atoms with van der Waals surface area (Å²) in [6, 6.07) is 10.4. The molecule has 3 rings (SSSR count). The maximum Gasteiger partial charge on any atom is 0.313 e. The zero-order valence-electron chi connectivity index (χ0n) is 10.6. The van der Waals surface area contributed by atoms with Gasteiger partial charge in [0.25, 0.3) is 10.1 Å². The molecule has 0 saturated heterocycles. The van der Waals surface area contributed by atoms with Gasteiger partial charge in [-0.1, -0.05) is 12.1 Å². The Bertz CT molecular complexity index is 649. The van der Waals surface area contributed by atoms with Gasteiger partial charge in [-0.25, -0.2) is 9.97 Å². The molecule has 0 bridgehead atoms. The highest BCUT2D eigenvalue weighted by molar-refractivity contribution is 7.95. The molecule has 106 valence electrons. The van der Waals surface area contributed by atoms with Gasteiger partial charge in [0.1, 0.15) is 0 Å². The third kappa shape index (κ3) is 3.25. The highest BCUT2D eigenvalue weighted by Crippen LogP contribution is 2.29. The second kappa shape index (κ2) is 6.54. The predicted molar refractivity (Wildman–Crippen MR) is 79.9 cm³/mol. The van der Waals surface area contributed by atoms with Gasteiger partial charge >= 0.3 is 4.34 Å². The molecule has 3 aromatic heterocycles. The van der Waals surface area contributed by atoms with Crippen LogP contribution in [0.4, 0.5) is 0 Å². The minimum atomic E-state index is -1.46. The van der Waals surface area contributed by atoms with Gasteiger partial charge in [0, 0.05) is 24.5 Å². The maximum absolute atomic E-state index is 12.3. The highest BCUT2D eigenvalue weighted by Gasteiger charge is 2.26. The van der Waals surface area contributed by atoms with Crippen LogP contribution >= 0.6 is 11.3 Å². The van der Waals surface area contributed by atoms with Crippen molar-refractivity contribution in [2.75, 3.05) is 0 Å². The van der Waals surface area contributed by atoms with Crippen molar-refractivity contribution in [3.8, 4) is 0 Å². The van der Waals surface area contributed by atoms with Crippen LogP contribution in [0.1, 0.15) is 0 Å². The molecule has 0 spiro atoms. The van der Waals surface area contributed by atoms with E-state index in [-0.39, 0.29) is 0 Å². The summed E-state index contributed by atoms with van der Waals surface area (Å²) in [5, 5.41) is 0.887. The van der Waals surface area contributed by atoms with Crippen molar-refractivity contribution in [1.82, 2.24) is 15.0 Å². The Hall–Kier alpha value is -1.45. The van der Waals surface area contributed by atoms with Crippen LogP contribution < -0.4 is 0 Å². The monoisotopic (exact) mass is 335 g/mol. The molecule has 0 saturated carbocycles. The van der Waals surface area contributed by atoms with Crippen LogP contribution in [0, 0.1) is 0 Å². The summed E-state index contributed by atoms with van der Waals surface area (Å²) in [7, 11) is 0. The fourth-order valence-corrected chi connectivity index (χ4v) is 5.09. The number of rotatable bonds is 4. The normalized spacial score (nSPS) is 13.8. The summed E-state index contributed by atoms with van der Waals surface area (Å²) >= 11 is -1.72. The molecule has 0 amide bonds. The fourth-order valence-electron chi connectivity index (χ4n) is 1.52. The number of pyridine rings is 2. The van der Waals surface area contributed by atoms with Gasteiger partial charge in [0.05, 0.1) is 28.5 Å². The van der Waals surface area contributed by atoms with Gasteiger partial charge in [-0.3, -0.25) is 0 Å². The Morgan fingerprint density at radius 1 is 0.810 bits per heavy atom. The van der Waals surface area contributed by atoms with E-state index in [1.54, 1.807) is 48.8 Å². The third-order valence-electron chi connectivity index (χ3n) is 2.46.